The normalized spacial score (nSPS) is 13.1. The highest BCUT2D eigenvalue weighted by molar-refractivity contribution is 5.71. The highest BCUT2D eigenvalue weighted by Gasteiger charge is 2.19. The predicted octanol–water partition coefficient (Wildman–Crippen LogP) is 17.7. The Morgan fingerprint density at radius 2 is 0.591 bits per heavy atom. The van der Waals surface area contributed by atoms with Gasteiger partial charge in [0.05, 0.1) is 0 Å². The first-order valence-electron chi connectivity index (χ1n) is 26.5. The van der Waals surface area contributed by atoms with Crippen molar-refractivity contribution < 1.29 is 28.6 Å². The summed E-state index contributed by atoms with van der Waals surface area (Å²) >= 11 is 0. The monoisotopic (exact) mass is 913 g/mol. The number of carbonyl (C=O) groups excluding carboxylic acids is 3. The van der Waals surface area contributed by atoms with Crippen LogP contribution in [0.15, 0.2) is 122 Å². The molecule has 6 nitrogen and oxygen atoms in total. The van der Waals surface area contributed by atoms with E-state index in [0.717, 1.165) is 148 Å². The summed E-state index contributed by atoms with van der Waals surface area (Å²) in [7, 11) is 0. The van der Waals surface area contributed by atoms with Crippen molar-refractivity contribution in [2.45, 2.75) is 226 Å². The van der Waals surface area contributed by atoms with Crippen LogP contribution in [-0.2, 0) is 28.6 Å². The lowest BCUT2D eigenvalue weighted by molar-refractivity contribution is -0.167. The van der Waals surface area contributed by atoms with Gasteiger partial charge in [-0.25, -0.2) is 0 Å². The third-order valence-corrected chi connectivity index (χ3v) is 10.7. The van der Waals surface area contributed by atoms with Gasteiger partial charge >= 0.3 is 17.9 Å². The summed E-state index contributed by atoms with van der Waals surface area (Å²) in [6.07, 6.45) is 73.3. The molecule has 0 aliphatic heterocycles. The highest BCUT2D eigenvalue weighted by Crippen LogP contribution is 2.13. The van der Waals surface area contributed by atoms with Crippen LogP contribution >= 0.6 is 0 Å². The lowest BCUT2D eigenvalue weighted by atomic mass is 10.1. The first-order chi connectivity index (χ1) is 32.5. The number of unbranched alkanes of at least 4 members (excludes halogenated alkanes) is 15. The van der Waals surface area contributed by atoms with E-state index in [0.29, 0.717) is 12.8 Å². The van der Waals surface area contributed by atoms with E-state index in [1.54, 1.807) is 0 Å². The van der Waals surface area contributed by atoms with Crippen molar-refractivity contribution in [1.29, 1.82) is 0 Å². The van der Waals surface area contributed by atoms with Crippen molar-refractivity contribution in [1.82, 2.24) is 0 Å². The van der Waals surface area contributed by atoms with Crippen molar-refractivity contribution in [3.8, 4) is 0 Å². The van der Waals surface area contributed by atoms with Crippen molar-refractivity contribution in [2.75, 3.05) is 13.2 Å². The fourth-order valence-electron chi connectivity index (χ4n) is 6.79. The minimum absolute atomic E-state index is 0.100. The fourth-order valence-corrected chi connectivity index (χ4v) is 6.79. The number of carbonyl (C=O) groups is 3. The molecule has 1 unspecified atom stereocenters. The predicted molar refractivity (Wildman–Crippen MR) is 283 cm³/mol. The zero-order chi connectivity index (χ0) is 47.9. The quantitative estimate of drug-likeness (QED) is 0.0262. The Hall–Kier alpha value is -4.19. The second-order valence-corrected chi connectivity index (χ2v) is 17.0. The summed E-state index contributed by atoms with van der Waals surface area (Å²) in [5.74, 6) is -0.963. The summed E-state index contributed by atoms with van der Waals surface area (Å²) in [5, 5.41) is 0. The largest absolute Gasteiger partial charge is 0.462 e. The van der Waals surface area contributed by atoms with Crippen LogP contribution in [0.1, 0.15) is 220 Å². The van der Waals surface area contributed by atoms with E-state index < -0.39 is 6.10 Å². The number of hydrogen-bond acceptors (Lipinski definition) is 6. The van der Waals surface area contributed by atoms with Crippen LogP contribution in [0.4, 0.5) is 0 Å². The zero-order valence-corrected chi connectivity index (χ0v) is 42.4. The molecule has 66 heavy (non-hydrogen) atoms. The molecule has 0 radical (unpaired) electrons. The van der Waals surface area contributed by atoms with Gasteiger partial charge in [0.25, 0.3) is 0 Å². The van der Waals surface area contributed by atoms with Crippen LogP contribution in [0.3, 0.4) is 0 Å². The molecular formula is C60H96O6. The molecular weight excluding hydrogens is 817 g/mol. The minimum Gasteiger partial charge on any atom is -0.462 e. The molecule has 372 valence electrons. The highest BCUT2D eigenvalue weighted by atomic mass is 16.6. The van der Waals surface area contributed by atoms with Crippen molar-refractivity contribution >= 4 is 17.9 Å². The number of hydrogen-bond donors (Lipinski definition) is 0. The third kappa shape index (κ3) is 50.8. The smallest absolute Gasteiger partial charge is 0.306 e. The summed E-state index contributed by atoms with van der Waals surface area (Å²) < 4.78 is 16.7. The standard InChI is InChI=1S/C60H96O6/c1-4-7-10-13-16-19-21-23-25-27-29-30-32-33-35-37-39-41-44-47-50-53-59(62)65-56-57(55-64-58(61)52-49-46-43-18-15-12-9-6-3)66-60(63)54-51-48-45-42-40-38-36-34-31-28-26-24-22-20-17-14-11-8-5-2/h7-8,10-11,16-17,19-20,23-26,29-31,33-35,38,40,57H,4-6,9,12-15,18,21-22,27-28,32,36-37,39,41-56H2,1-3H3/b10-7-,11-8-,19-16-,20-17-,25-23-,26-24-,30-29-,34-31-,35-33-,40-38-. The Kier molecular flexibility index (Phi) is 50.0. The minimum atomic E-state index is -0.804. The van der Waals surface area contributed by atoms with Gasteiger partial charge in [0.2, 0.25) is 0 Å². The molecule has 0 aliphatic rings. The van der Waals surface area contributed by atoms with E-state index in [9.17, 15) is 14.4 Å². The van der Waals surface area contributed by atoms with Crippen LogP contribution in [0.2, 0.25) is 0 Å². The van der Waals surface area contributed by atoms with E-state index in [1.165, 1.54) is 32.1 Å². The van der Waals surface area contributed by atoms with Gasteiger partial charge in [-0.1, -0.05) is 213 Å². The maximum absolute atomic E-state index is 12.8. The zero-order valence-electron chi connectivity index (χ0n) is 42.4. The Labute approximate surface area is 405 Å². The van der Waals surface area contributed by atoms with Gasteiger partial charge in [-0.2, -0.15) is 0 Å². The molecule has 1 atom stereocenters. The molecule has 0 rings (SSSR count). The molecule has 0 saturated heterocycles. The average molecular weight is 913 g/mol. The summed E-state index contributed by atoms with van der Waals surface area (Å²) in [5.41, 5.74) is 0. The molecule has 0 aromatic heterocycles. The number of esters is 3. The van der Waals surface area contributed by atoms with Gasteiger partial charge < -0.3 is 14.2 Å². The molecule has 0 aromatic carbocycles. The molecule has 0 amide bonds. The van der Waals surface area contributed by atoms with E-state index in [1.807, 2.05) is 0 Å². The second kappa shape index (κ2) is 53.4. The van der Waals surface area contributed by atoms with Gasteiger partial charge in [-0.05, 0) is 109 Å². The van der Waals surface area contributed by atoms with Crippen LogP contribution in [0.25, 0.3) is 0 Å². The molecule has 0 fully saturated rings. The summed E-state index contributed by atoms with van der Waals surface area (Å²) in [6, 6.07) is 0. The number of rotatable bonds is 46. The van der Waals surface area contributed by atoms with Crippen LogP contribution in [0, 0.1) is 0 Å². The van der Waals surface area contributed by atoms with Gasteiger partial charge in [0.15, 0.2) is 6.10 Å². The molecule has 0 bridgehead atoms. The first kappa shape index (κ1) is 61.8. The Bertz CT molecular complexity index is 1420. The first-order valence-corrected chi connectivity index (χ1v) is 26.5. The molecule has 0 N–H and O–H groups in total. The van der Waals surface area contributed by atoms with Gasteiger partial charge in [-0.15, -0.1) is 0 Å². The molecule has 6 heteroatoms. The van der Waals surface area contributed by atoms with E-state index in [4.69, 9.17) is 14.2 Å². The molecule has 0 aromatic rings. The van der Waals surface area contributed by atoms with Crippen molar-refractivity contribution in [2.24, 2.45) is 0 Å². The number of ether oxygens (including phenoxy) is 3. The average Bonchev–Trinajstić information content (AvgIpc) is 3.31. The molecule has 0 heterocycles. The second-order valence-electron chi connectivity index (χ2n) is 17.0. The summed E-state index contributed by atoms with van der Waals surface area (Å²) in [6.45, 7) is 6.32. The van der Waals surface area contributed by atoms with Crippen molar-refractivity contribution in [3.63, 3.8) is 0 Å². The molecule has 0 aliphatic carbocycles. The van der Waals surface area contributed by atoms with Crippen LogP contribution < -0.4 is 0 Å². The summed E-state index contributed by atoms with van der Waals surface area (Å²) in [4.78, 5) is 37.9. The lowest BCUT2D eigenvalue weighted by Crippen LogP contribution is -2.30. The van der Waals surface area contributed by atoms with Gasteiger partial charge in [0, 0.05) is 19.3 Å². The Morgan fingerprint density at radius 1 is 0.318 bits per heavy atom. The molecule has 0 spiro atoms. The van der Waals surface area contributed by atoms with E-state index >= 15 is 0 Å². The van der Waals surface area contributed by atoms with Crippen LogP contribution in [0.5, 0.6) is 0 Å². The van der Waals surface area contributed by atoms with Gasteiger partial charge in [0.1, 0.15) is 13.2 Å². The molecule has 0 saturated carbocycles. The van der Waals surface area contributed by atoms with E-state index in [2.05, 4.69) is 142 Å². The Morgan fingerprint density at radius 3 is 0.939 bits per heavy atom. The van der Waals surface area contributed by atoms with E-state index in [-0.39, 0.29) is 37.5 Å². The third-order valence-electron chi connectivity index (χ3n) is 10.7. The maximum Gasteiger partial charge on any atom is 0.306 e. The SMILES string of the molecule is CC/C=C\C/C=C\C/C=C\C/C=C\C/C=C\CCCCCCCC(=O)OCC(COC(=O)CCCCCCCCCC)OC(=O)CCCCC/C=C\C/C=C\C/C=C\C/C=C\C/C=C\CC. The van der Waals surface area contributed by atoms with Gasteiger partial charge in [-0.3, -0.25) is 14.4 Å². The Balaban J connectivity index is 4.41. The topological polar surface area (TPSA) is 78.9 Å². The fraction of sp³-hybridized carbons (Fsp3) is 0.617. The lowest BCUT2D eigenvalue weighted by Gasteiger charge is -2.18. The number of allylic oxidation sites excluding steroid dienone is 20. The van der Waals surface area contributed by atoms with Crippen LogP contribution in [-0.4, -0.2) is 37.2 Å². The van der Waals surface area contributed by atoms with Crippen molar-refractivity contribution in [3.05, 3.63) is 122 Å². The maximum atomic E-state index is 12.8.